The maximum atomic E-state index is 12.5. The molecular weight excluding hydrogens is 286 g/mol. The van der Waals surface area contributed by atoms with E-state index in [1.165, 1.54) is 11.3 Å². The number of hydrogen-bond acceptors (Lipinski definition) is 4. The Balaban J connectivity index is 1.91. The van der Waals surface area contributed by atoms with E-state index in [2.05, 4.69) is 9.97 Å². The summed E-state index contributed by atoms with van der Waals surface area (Å²) in [6.07, 6.45) is 4.36. The number of aromatic nitrogens is 2. The fourth-order valence-electron chi connectivity index (χ4n) is 2.57. The monoisotopic (exact) mass is 303 g/mol. The van der Waals surface area contributed by atoms with E-state index in [4.69, 9.17) is 0 Å². The molecule has 1 N–H and O–H groups in total. The van der Waals surface area contributed by atoms with Gasteiger partial charge in [0.1, 0.15) is 5.69 Å². The minimum absolute atomic E-state index is 0.138. The molecule has 2 aromatic rings. The number of carbonyl (C=O) groups is 1. The highest BCUT2D eigenvalue weighted by molar-refractivity contribution is 7.13. The van der Waals surface area contributed by atoms with Crippen LogP contribution in [0, 0.1) is 0 Å². The van der Waals surface area contributed by atoms with Crippen molar-refractivity contribution in [1.29, 1.82) is 0 Å². The van der Waals surface area contributed by atoms with Crippen LogP contribution in [0.3, 0.4) is 0 Å². The molecule has 0 bridgehead atoms. The number of hydrogen-bond donors (Lipinski definition) is 1. The van der Waals surface area contributed by atoms with Crippen LogP contribution < -0.4 is 5.69 Å². The lowest BCUT2D eigenvalue weighted by Gasteiger charge is -2.19. The lowest BCUT2D eigenvalue weighted by atomic mass is 10.2. The first kappa shape index (κ1) is 14.0. The van der Waals surface area contributed by atoms with E-state index >= 15 is 0 Å². The van der Waals surface area contributed by atoms with Crippen LogP contribution in [0.5, 0.6) is 0 Å². The van der Waals surface area contributed by atoms with Crippen molar-refractivity contribution < 1.29 is 4.79 Å². The van der Waals surface area contributed by atoms with Crippen LogP contribution in [0.1, 0.15) is 36.2 Å². The Morgan fingerprint density at radius 3 is 2.67 bits per heavy atom. The molecule has 0 atom stereocenters. The van der Waals surface area contributed by atoms with Gasteiger partial charge in [-0.2, -0.15) is 4.98 Å². The standard InChI is InChI=1S/C15H17N3O2S/c19-14(18-7-3-1-2-4-8-18)12-10-11(16-15(20)17-12)13-6-5-9-21-13/h5-6,9-10H,1-4,7-8H2,(H,16,17,20). The van der Waals surface area contributed by atoms with Crippen LogP contribution in [0.25, 0.3) is 10.6 Å². The molecule has 0 aromatic carbocycles. The number of rotatable bonds is 2. The van der Waals surface area contributed by atoms with E-state index in [9.17, 15) is 9.59 Å². The molecule has 1 saturated heterocycles. The van der Waals surface area contributed by atoms with Crippen molar-refractivity contribution in [2.24, 2.45) is 0 Å². The molecule has 0 aliphatic carbocycles. The van der Waals surface area contributed by atoms with Crippen molar-refractivity contribution >= 4 is 17.2 Å². The molecule has 0 radical (unpaired) electrons. The molecule has 3 heterocycles. The average molecular weight is 303 g/mol. The number of amides is 1. The first-order valence-corrected chi connectivity index (χ1v) is 8.06. The zero-order valence-corrected chi connectivity index (χ0v) is 12.5. The van der Waals surface area contributed by atoms with E-state index in [1.807, 2.05) is 22.4 Å². The molecule has 5 nitrogen and oxygen atoms in total. The summed E-state index contributed by atoms with van der Waals surface area (Å²) in [5, 5.41) is 1.93. The fourth-order valence-corrected chi connectivity index (χ4v) is 3.27. The Labute approximate surface area is 126 Å². The fraction of sp³-hybridized carbons (Fsp3) is 0.400. The van der Waals surface area contributed by atoms with Gasteiger partial charge >= 0.3 is 5.69 Å². The van der Waals surface area contributed by atoms with E-state index in [0.29, 0.717) is 5.69 Å². The quantitative estimate of drug-likeness (QED) is 0.927. The van der Waals surface area contributed by atoms with Crippen molar-refractivity contribution in [3.8, 4) is 10.6 Å². The third-order valence-corrected chi connectivity index (χ3v) is 4.55. The van der Waals surface area contributed by atoms with Crippen molar-refractivity contribution in [1.82, 2.24) is 14.9 Å². The summed E-state index contributed by atoms with van der Waals surface area (Å²) in [6.45, 7) is 1.50. The zero-order valence-electron chi connectivity index (χ0n) is 11.7. The number of likely N-dealkylation sites (tertiary alicyclic amines) is 1. The number of thiophene rings is 1. The number of nitrogens with zero attached hydrogens (tertiary/aromatic N) is 2. The zero-order chi connectivity index (χ0) is 14.7. The normalized spacial score (nSPS) is 15.7. The summed E-state index contributed by atoms with van der Waals surface area (Å²) in [7, 11) is 0. The van der Waals surface area contributed by atoms with Crippen LogP contribution >= 0.6 is 11.3 Å². The molecule has 6 heteroatoms. The Morgan fingerprint density at radius 1 is 1.24 bits per heavy atom. The van der Waals surface area contributed by atoms with Crippen LogP contribution in [0.15, 0.2) is 28.4 Å². The molecule has 1 fully saturated rings. The molecule has 0 spiro atoms. The van der Waals surface area contributed by atoms with E-state index in [-0.39, 0.29) is 11.6 Å². The second-order valence-corrected chi connectivity index (χ2v) is 6.12. The van der Waals surface area contributed by atoms with Crippen molar-refractivity contribution in [3.05, 3.63) is 39.8 Å². The van der Waals surface area contributed by atoms with Gasteiger partial charge in [-0.3, -0.25) is 4.79 Å². The summed E-state index contributed by atoms with van der Waals surface area (Å²) >= 11 is 1.52. The number of carbonyl (C=O) groups excluding carboxylic acids is 1. The first-order valence-electron chi connectivity index (χ1n) is 7.18. The first-order chi connectivity index (χ1) is 10.2. The van der Waals surface area contributed by atoms with Crippen molar-refractivity contribution in [2.45, 2.75) is 25.7 Å². The molecule has 0 unspecified atom stereocenters. The minimum atomic E-state index is -0.473. The minimum Gasteiger partial charge on any atom is -0.337 e. The second-order valence-electron chi connectivity index (χ2n) is 5.17. The molecule has 21 heavy (non-hydrogen) atoms. The predicted octanol–water partition coefficient (Wildman–Crippen LogP) is 2.51. The smallest absolute Gasteiger partial charge is 0.337 e. The Morgan fingerprint density at radius 2 is 2.00 bits per heavy atom. The summed E-state index contributed by atoms with van der Waals surface area (Å²) < 4.78 is 0. The Kier molecular flexibility index (Phi) is 4.15. The predicted molar refractivity (Wildman–Crippen MR) is 82.5 cm³/mol. The molecule has 1 amide bonds. The molecule has 0 saturated carbocycles. The van der Waals surface area contributed by atoms with Crippen molar-refractivity contribution in [2.75, 3.05) is 13.1 Å². The molecule has 2 aromatic heterocycles. The molecule has 3 rings (SSSR count). The Hall–Kier alpha value is -1.95. The van der Waals surface area contributed by atoms with Gasteiger partial charge in [0, 0.05) is 13.1 Å². The van der Waals surface area contributed by atoms with Crippen LogP contribution in [0.4, 0.5) is 0 Å². The van der Waals surface area contributed by atoms with Gasteiger partial charge in [-0.1, -0.05) is 18.9 Å². The summed E-state index contributed by atoms with van der Waals surface area (Å²) in [6, 6.07) is 5.51. The topological polar surface area (TPSA) is 66.1 Å². The highest BCUT2D eigenvalue weighted by Gasteiger charge is 2.19. The largest absolute Gasteiger partial charge is 0.346 e. The summed E-state index contributed by atoms with van der Waals surface area (Å²) in [5.74, 6) is -0.138. The number of nitrogens with one attached hydrogen (secondary N) is 1. The van der Waals surface area contributed by atoms with Gasteiger partial charge < -0.3 is 9.88 Å². The van der Waals surface area contributed by atoms with E-state index in [1.54, 1.807) is 6.07 Å². The highest BCUT2D eigenvalue weighted by Crippen LogP contribution is 2.22. The van der Waals surface area contributed by atoms with Gasteiger partial charge in [-0.25, -0.2) is 4.79 Å². The lowest BCUT2D eigenvalue weighted by molar-refractivity contribution is 0.0755. The van der Waals surface area contributed by atoms with E-state index in [0.717, 1.165) is 43.6 Å². The van der Waals surface area contributed by atoms with Gasteiger partial charge in [0.2, 0.25) is 0 Å². The van der Waals surface area contributed by atoms with Gasteiger partial charge in [0.05, 0.1) is 10.6 Å². The van der Waals surface area contributed by atoms with E-state index < -0.39 is 5.69 Å². The third kappa shape index (κ3) is 3.21. The Bertz CT molecular complexity index is 670. The van der Waals surface area contributed by atoms with Gasteiger partial charge in [-0.15, -0.1) is 11.3 Å². The third-order valence-electron chi connectivity index (χ3n) is 3.64. The molecule has 1 aliphatic heterocycles. The summed E-state index contributed by atoms with van der Waals surface area (Å²) in [4.78, 5) is 33.6. The summed E-state index contributed by atoms with van der Waals surface area (Å²) in [5.41, 5.74) is 0.422. The molecule has 110 valence electrons. The van der Waals surface area contributed by atoms with Crippen LogP contribution in [-0.4, -0.2) is 33.9 Å². The maximum absolute atomic E-state index is 12.5. The van der Waals surface area contributed by atoms with Gasteiger partial charge in [0.25, 0.3) is 5.91 Å². The molecular formula is C15H17N3O2S. The van der Waals surface area contributed by atoms with Gasteiger partial charge in [0.15, 0.2) is 0 Å². The average Bonchev–Trinajstić information content (AvgIpc) is 2.89. The van der Waals surface area contributed by atoms with Crippen molar-refractivity contribution in [3.63, 3.8) is 0 Å². The lowest BCUT2D eigenvalue weighted by Crippen LogP contribution is -2.33. The highest BCUT2D eigenvalue weighted by atomic mass is 32.1. The molecule has 1 aliphatic rings. The second kappa shape index (κ2) is 6.22. The number of H-pyrrole nitrogens is 1. The van der Waals surface area contributed by atoms with Gasteiger partial charge in [-0.05, 0) is 30.4 Å². The van der Waals surface area contributed by atoms with Crippen LogP contribution in [0.2, 0.25) is 0 Å². The number of aromatic amines is 1. The SMILES string of the molecule is O=C(c1cc(-c2cccs2)[nH]c(=O)n1)N1CCCCCC1. The van der Waals surface area contributed by atoms with Crippen LogP contribution in [-0.2, 0) is 0 Å². The maximum Gasteiger partial charge on any atom is 0.346 e.